The number of para-hydroxylation sites is 1. The normalized spacial score (nSPS) is 11.9. The van der Waals surface area contributed by atoms with Crippen LogP contribution in [-0.4, -0.2) is 29.6 Å². The molecule has 0 fully saturated rings. The Hall–Kier alpha value is -1.86. The van der Waals surface area contributed by atoms with Crippen LogP contribution in [0.4, 0.5) is 0 Å². The van der Waals surface area contributed by atoms with E-state index >= 15 is 0 Å². The Kier molecular flexibility index (Phi) is 5.63. The number of hydrogen-bond acceptors (Lipinski definition) is 3. The Morgan fingerprint density at radius 3 is 2.33 bits per heavy atom. The molecule has 0 spiro atoms. The molecule has 2 aromatic carbocycles. The first kappa shape index (κ1) is 19.9. The zero-order valence-corrected chi connectivity index (χ0v) is 17.5. The molecule has 0 unspecified atom stereocenters. The van der Waals surface area contributed by atoms with Gasteiger partial charge < -0.3 is 0 Å². The minimum atomic E-state index is -3.71. The van der Waals surface area contributed by atoms with Crippen LogP contribution in [0, 0.1) is 13.8 Å². The molecular formula is C19H19Cl2N3O2S. The van der Waals surface area contributed by atoms with Gasteiger partial charge in [-0.05, 0) is 44.2 Å². The Labute approximate surface area is 169 Å². The fraction of sp³-hybridized carbons (Fsp3) is 0.211. The van der Waals surface area contributed by atoms with Gasteiger partial charge in [0.2, 0.25) is 10.0 Å². The van der Waals surface area contributed by atoms with E-state index in [0.717, 1.165) is 22.6 Å². The summed E-state index contributed by atoms with van der Waals surface area (Å²) in [6.07, 6.45) is 0. The molecule has 142 valence electrons. The second kappa shape index (κ2) is 7.64. The van der Waals surface area contributed by atoms with Crippen molar-refractivity contribution >= 4 is 33.2 Å². The van der Waals surface area contributed by atoms with Crippen molar-refractivity contribution in [1.82, 2.24) is 14.1 Å². The number of benzene rings is 2. The lowest BCUT2D eigenvalue weighted by Gasteiger charge is -2.18. The summed E-state index contributed by atoms with van der Waals surface area (Å²) in [7, 11) is -2.17. The minimum absolute atomic E-state index is 0.102. The molecule has 0 amide bonds. The standard InChI is InChI=1S/C19H19Cl2N3O2S/c1-13-17(14(2)24(22-13)15-7-5-4-6-8-15)12-23(3)27(25,26)16-9-10-18(20)19(21)11-16/h4-11H,12H2,1-3H3. The van der Waals surface area contributed by atoms with E-state index in [9.17, 15) is 8.42 Å². The average molecular weight is 424 g/mol. The van der Waals surface area contributed by atoms with Crippen molar-refractivity contribution in [3.05, 3.63) is 75.5 Å². The SMILES string of the molecule is Cc1nn(-c2ccccc2)c(C)c1CN(C)S(=O)(=O)c1ccc(Cl)c(Cl)c1. The van der Waals surface area contributed by atoms with Gasteiger partial charge in [-0.3, -0.25) is 0 Å². The van der Waals surface area contributed by atoms with Crippen LogP contribution in [0.3, 0.4) is 0 Å². The lowest BCUT2D eigenvalue weighted by atomic mass is 10.2. The molecule has 0 saturated carbocycles. The van der Waals surface area contributed by atoms with Gasteiger partial charge in [-0.25, -0.2) is 13.1 Å². The van der Waals surface area contributed by atoms with Crippen LogP contribution >= 0.6 is 23.2 Å². The van der Waals surface area contributed by atoms with Crippen molar-refractivity contribution in [1.29, 1.82) is 0 Å². The number of rotatable bonds is 5. The fourth-order valence-electron chi connectivity index (χ4n) is 2.85. The second-order valence-electron chi connectivity index (χ2n) is 6.23. The molecule has 0 aliphatic carbocycles. The summed E-state index contributed by atoms with van der Waals surface area (Å²) in [5, 5.41) is 5.09. The van der Waals surface area contributed by atoms with Crippen molar-refractivity contribution in [2.45, 2.75) is 25.3 Å². The number of aromatic nitrogens is 2. The molecular weight excluding hydrogens is 405 g/mol. The summed E-state index contributed by atoms with van der Waals surface area (Å²) in [5.74, 6) is 0. The topological polar surface area (TPSA) is 55.2 Å². The van der Waals surface area contributed by atoms with Crippen LogP contribution in [0.25, 0.3) is 5.69 Å². The summed E-state index contributed by atoms with van der Waals surface area (Å²) < 4.78 is 28.9. The lowest BCUT2D eigenvalue weighted by Crippen LogP contribution is -2.27. The van der Waals surface area contributed by atoms with Gasteiger partial charge in [-0.2, -0.15) is 9.40 Å². The van der Waals surface area contributed by atoms with E-state index in [1.165, 1.54) is 29.6 Å². The highest BCUT2D eigenvalue weighted by atomic mass is 35.5. The van der Waals surface area contributed by atoms with Gasteiger partial charge in [0.25, 0.3) is 0 Å². The van der Waals surface area contributed by atoms with E-state index in [-0.39, 0.29) is 16.5 Å². The molecule has 0 aliphatic rings. The lowest BCUT2D eigenvalue weighted by molar-refractivity contribution is 0.465. The first-order valence-corrected chi connectivity index (χ1v) is 10.4. The van der Waals surface area contributed by atoms with Crippen molar-refractivity contribution in [2.75, 3.05) is 7.05 Å². The van der Waals surface area contributed by atoms with Crippen molar-refractivity contribution in [3.63, 3.8) is 0 Å². The number of hydrogen-bond donors (Lipinski definition) is 0. The molecule has 3 rings (SSSR count). The molecule has 0 atom stereocenters. The Bertz CT molecular complexity index is 1080. The summed E-state index contributed by atoms with van der Waals surface area (Å²) in [6, 6.07) is 14.0. The van der Waals surface area contributed by atoms with E-state index in [1.54, 1.807) is 0 Å². The molecule has 8 heteroatoms. The van der Waals surface area contributed by atoms with Crippen LogP contribution < -0.4 is 0 Å². The molecule has 0 radical (unpaired) electrons. The molecule has 3 aromatic rings. The van der Waals surface area contributed by atoms with Crippen molar-refractivity contribution < 1.29 is 8.42 Å². The smallest absolute Gasteiger partial charge is 0.238 e. The van der Waals surface area contributed by atoms with Gasteiger partial charge in [0.1, 0.15) is 0 Å². The van der Waals surface area contributed by atoms with E-state index < -0.39 is 10.0 Å². The molecule has 27 heavy (non-hydrogen) atoms. The van der Waals surface area contributed by atoms with Crippen LogP contribution in [0.1, 0.15) is 17.0 Å². The zero-order chi connectivity index (χ0) is 19.8. The van der Waals surface area contributed by atoms with Crippen LogP contribution in [-0.2, 0) is 16.6 Å². The molecule has 0 aliphatic heterocycles. The summed E-state index contributed by atoms with van der Waals surface area (Å²) in [6.45, 7) is 4.01. The Morgan fingerprint density at radius 1 is 1.04 bits per heavy atom. The third-order valence-electron chi connectivity index (χ3n) is 4.42. The van der Waals surface area contributed by atoms with Gasteiger partial charge in [-0.1, -0.05) is 41.4 Å². The predicted molar refractivity (Wildman–Crippen MR) is 108 cm³/mol. The van der Waals surface area contributed by atoms with Gasteiger partial charge in [0.05, 0.1) is 26.3 Å². The number of sulfonamides is 1. The molecule has 1 heterocycles. The third-order valence-corrected chi connectivity index (χ3v) is 6.96. The van der Waals surface area contributed by atoms with Crippen LogP contribution in [0.5, 0.6) is 0 Å². The van der Waals surface area contributed by atoms with E-state index in [4.69, 9.17) is 23.2 Å². The number of aryl methyl sites for hydroxylation is 1. The van der Waals surface area contributed by atoms with Gasteiger partial charge >= 0.3 is 0 Å². The Balaban J connectivity index is 1.93. The summed E-state index contributed by atoms with van der Waals surface area (Å²) in [5.41, 5.74) is 3.48. The van der Waals surface area contributed by atoms with Gasteiger partial charge in [0, 0.05) is 24.8 Å². The maximum absolute atomic E-state index is 12.9. The maximum Gasteiger partial charge on any atom is 0.243 e. The maximum atomic E-state index is 12.9. The molecule has 0 N–H and O–H groups in total. The third kappa shape index (κ3) is 3.89. The van der Waals surface area contributed by atoms with E-state index in [2.05, 4.69) is 5.10 Å². The predicted octanol–water partition coefficient (Wildman–Crippen LogP) is 4.62. The van der Waals surface area contributed by atoms with Gasteiger partial charge in [0.15, 0.2) is 0 Å². The minimum Gasteiger partial charge on any atom is -0.238 e. The van der Waals surface area contributed by atoms with Crippen LogP contribution in [0.15, 0.2) is 53.4 Å². The highest BCUT2D eigenvalue weighted by Crippen LogP contribution is 2.27. The summed E-state index contributed by atoms with van der Waals surface area (Å²) in [4.78, 5) is 0.102. The first-order valence-electron chi connectivity index (χ1n) is 8.23. The number of nitrogens with zero attached hydrogens (tertiary/aromatic N) is 3. The largest absolute Gasteiger partial charge is 0.243 e. The molecule has 1 aromatic heterocycles. The highest BCUT2D eigenvalue weighted by molar-refractivity contribution is 7.89. The highest BCUT2D eigenvalue weighted by Gasteiger charge is 2.24. The average Bonchev–Trinajstić information content (AvgIpc) is 2.92. The molecule has 0 bridgehead atoms. The quantitative estimate of drug-likeness (QED) is 0.601. The van der Waals surface area contributed by atoms with E-state index in [1.807, 2.05) is 48.9 Å². The fourth-order valence-corrected chi connectivity index (χ4v) is 4.38. The van der Waals surface area contributed by atoms with E-state index in [0.29, 0.717) is 5.02 Å². The number of halogens is 2. The molecule has 0 saturated heterocycles. The second-order valence-corrected chi connectivity index (χ2v) is 9.09. The monoisotopic (exact) mass is 423 g/mol. The zero-order valence-electron chi connectivity index (χ0n) is 15.1. The first-order chi connectivity index (χ1) is 12.7. The van der Waals surface area contributed by atoms with Crippen molar-refractivity contribution in [3.8, 4) is 5.69 Å². The van der Waals surface area contributed by atoms with Crippen molar-refractivity contribution in [2.24, 2.45) is 0 Å². The van der Waals surface area contributed by atoms with Crippen LogP contribution in [0.2, 0.25) is 10.0 Å². The Morgan fingerprint density at radius 2 is 1.70 bits per heavy atom. The summed E-state index contributed by atoms with van der Waals surface area (Å²) >= 11 is 11.9. The molecule has 5 nitrogen and oxygen atoms in total. The van der Waals surface area contributed by atoms with Gasteiger partial charge in [-0.15, -0.1) is 0 Å².